The standard InChI is InChI=1S/C14H17NO2/c1-11(16)14(17)15-10-6-5-9-13(15)12-7-3-2-4-8-12/h2-4,7-8,13H,5-6,9-10H2,1H3. The fourth-order valence-electron chi connectivity index (χ4n) is 2.40. The summed E-state index contributed by atoms with van der Waals surface area (Å²) in [5.74, 6) is -0.716. The van der Waals surface area contributed by atoms with Crippen LogP contribution in [0, 0.1) is 0 Å². The second-order valence-electron chi connectivity index (χ2n) is 4.48. The molecule has 1 aromatic rings. The molecule has 1 fully saturated rings. The van der Waals surface area contributed by atoms with Gasteiger partial charge in [0.05, 0.1) is 6.04 Å². The molecule has 90 valence electrons. The van der Waals surface area contributed by atoms with Gasteiger partial charge < -0.3 is 4.90 Å². The Morgan fingerprint density at radius 1 is 1.18 bits per heavy atom. The maximum absolute atomic E-state index is 11.9. The number of hydrogen-bond donors (Lipinski definition) is 0. The van der Waals surface area contributed by atoms with Crippen LogP contribution in [0.4, 0.5) is 0 Å². The Labute approximate surface area is 101 Å². The Balaban J connectivity index is 2.24. The number of likely N-dealkylation sites (tertiary alicyclic amines) is 1. The first-order valence-corrected chi connectivity index (χ1v) is 6.06. The lowest BCUT2D eigenvalue weighted by Gasteiger charge is -2.35. The average Bonchev–Trinajstić information content (AvgIpc) is 2.39. The summed E-state index contributed by atoms with van der Waals surface area (Å²) in [4.78, 5) is 24.8. The van der Waals surface area contributed by atoms with Gasteiger partial charge in [-0.25, -0.2) is 0 Å². The van der Waals surface area contributed by atoms with Crippen LogP contribution in [0.15, 0.2) is 30.3 Å². The lowest BCUT2D eigenvalue weighted by Crippen LogP contribution is -2.41. The van der Waals surface area contributed by atoms with Crippen LogP contribution in [0.1, 0.15) is 37.8 Å². The number of amides is 1. The van der Waals surface area contributed by atoms with Crippen molar-refractivity contribution in [3.63, 3.8) is 0 Å². The molecule has 3 heteroatoms. The Bertz CT molecular complexity index is 413. The summed E-state index contributed by atoms with van der Waals surface area (Å²) in [6.45, 7) is 2.04. The van der Waals surface area contributed by atoms with E-state index in [-0.39, 0.29) is 17.7 Å². The molecule has 1 aliphatic heterocycles. The van der Waals surface area contributed by atoms with Gasteiger partial charge in [0.1, 0.15) is 0 Å². The SMILES string of the molecule is CC(=O)C(=O)N1CCCCC1c1ccccc1. The molecule has 1 aliphatic rings. The van der Waals surface area contributed by atoms with Gasteiger partial charge in [-0.1, -0.05) is 30.3 Å². The molecule has 1 saturated heterocycles. The summed E-state index contributed by atoms with van der Waals surface area (Å²) in [6, 6.07) is 10.0. The topological polar surface area (TPSA) is 37.4 Å². The minimum atomic E-state index is -0.368. The van der Waals surface area contributed by atoms with E-state index >= 15 is 0 Å². The Morgan fingerprint density at radius 3 is 2.53 bits per heavy atom. The lowest BCUT2D eigenvalue weighted by molar-refractivity contribution is -0.146. The maximum Gasteiger partial charge on any atom is 0.290 e. The second-order valence-corrected chi connectivity index (χ2v) is 4.48. The summed E-state index contributed by atoms with van der Waals surface area (Å²) in [7, 11) is 0. The quantitative estimate of drug-likeness (QED) is 0.732. The van der Waals surface area contributed by atoms with Crippen LogP contribution in [0.2, 0.25) is 0 Å². The fourth-order valence-corrected chi connectivity index (χ4v) is 2.40. The minimum absolute atomic E-state index is 0.0707. The van der Waals surface area contributed by atoms with Crippen LogP contribution in [-0.2, 0) is 9.59 Å². The highest BCUT2D eigenvalue weighted by molar-refractivity contribution is 6.35. The van der Waals surface area contributed by atoms with Crippen LogP contribution in [0.5, 0.6) is 0 Å². The number of Topliss-reactive ketones (excluding diaryl/α,β-unsaturated/α-hetero) is 1. The maximum atomic E-state index is 11.9. The number of nitrogens with zero attached hydrogens (tertiary/aromatic N) is 1. The van der Waals surface area contributed by atoms with Crippen molar-refractivity contribution < 1.29 is 9.59 Å². The number of rotatable bonds is 2. The van der Waals surface area contributed by atoms with Crippen LogP contribution in [0.3, 0.4) is 0 Å². The molecule has 0 radical (unpaired) electrons. The van der Waals surface area contributed by atoms with Crippen LogP contribution < -0.4 is 0 Å². The lowest BCUT2D eigenvalue weighted by atomic mass is 9.95. The van der Waals surface area contributed by atoms with E-state index in [4.69, 9.17) is 0 Å². The summed E-state index contributed by atoms with van der Waals surface area (Å²) in [6.07, 6.45) is 3.05. The molecule has 0 aliphatic carbocycles. The van der Waals surface area contributed by atoms with Crippen molar-refractivity contribution in [1.29, 1.82) is 0 Å². The molecule has 0 spiro atoms. The number of hydrogen-bond acceptors (Lipinski definition) is 2. The molecule has 1 unspecified atom stereocenters. The van der Waals surface area contributed by atoms with E-state index in [2.05, 4.69) is 0 Å². The molecule has 1 atom stereocenters. The van der Waals surface area contributed by atoms with Crippen molar-refractivity contribution in [3.05, 3.63) is 35.9 Å². The first kappa shape index (κ1) is 11.8. The molecule has 0 N–H and O–H groups in total. The van der Waals surface area contributed by atoms with E-state index in [1.165, 1.54) is 6.92 Å². The highest BCUT2D eigenvalue weighted by Gasteiger charge is 2.29. The van der Waals surface area contributed by atoms with E-state index < -0.39 is 0 Å². The molecular formula is C14H17NO2. The van der Waals surface area contributed by atoms with Crippen LogP contribution in [0.25, 0.3) is 0 Å². The molecule has 17 heavy (non-hydrogen) atoms. The molecule has 1 aromatic carbocycles. The summed E-state index contributed by atoms with van der Waals surface area (Å²) >= 11 is 0. The molecule has 1 amide bonds. The Hall–Kier alpha value is -1.64. The number of benzene rings is 1. The third-order valence-corrected chi connectivity index (χ3v) is 3.25. The van der Waals surface area contributed by atoms with Gasteiger partial charge in [0.2, 0.25) is 5.78 Å². The van der Waals surface area contributed by atoms with Gasteiger partial charge in [-0.05, 0) is 24.8 Å². The Morgan fingerprint density at radius 2 is 1.88 bits per heavy atom. The van der Waals surface area contributed by atoms with Gasteiger partial charge >= 0.3 is 0 Å². The molecular weight excluding hydrogens is 214 g/mol. The van der Waals surface area contributed by atoms with E-state index in [0.717, 1.165) is 24.8 Å². The van der Waals surface area contributed by atoms with Crippen LogP contribution in [-0.4, -0.2) is 23.1 Å². The predicted octanol–water partition coefficient (Wildman–Crippen LogP) is 2.33. The van der Waals surface area contributed by atoms with Gasteiger partial charge in [0, 0.05) is 13.5 Å². The van der Waals surface area contributed by atoms with Crippen molar-refractivity contribution >= 4 is 11.7 Å². The largest absolute Gasteiger partial charge is 0.329 e. The van der Waals surface area contributed by atoms with Gasteiger partial charge in [-0.2, -0.15) is 0 Å². The van der Waals surface area contributed by atoms with Crippen LogP contribution >= 0.6 is 0 Å². The van der Waals surface area contributed by atoms with Crippen molar-refractivity contribution in [2.75, 3.05) is 6.54 Å². The third-order valence-electron chi connectivity index (χ3n) is 3.25. The highest BCUT2D eigenvalue weighted by atomic mass is 16.2. The number of carbonyl (C=O) groups excluding carboxylic acids is 2. The first-order chi connectivity index (χ1) is 8.20. The van der Waals surface area contributed by atoms with E-state index in [9.17, 15) is 9.59 Å². The molecule has 0 aromatic heterocycles. The van der Waals surface area contributed by atoms with E-state index in [1.54, 1.807) is 4.90 Å². The summed E-state index contributed by atoms with van der Waals surface area (Å²) in [5.41, 5.74) is 1.13. The zero-order valence-electron chi connectivity index (χ0n) is 10.1. The van der Waals surface area contributed by atoms with E-state index in [0.29, 0.717) is 6.54 Å². The molecule has 0 bridgehead atoms. The van der Waals surface area contributed by atoms with Gasteiger partial charge in [-0.15, -0.1) is 0 Å². The monoisotopic (exact) mass is 231 g/mol. The van der Waals surface area contributed by atoms with Crippen molar-refractivity contribution in [1.82, 2.24) is 4.90 Å². The van der Waals surface area contributed by atoms with Gasteiger partial charge in [-0.3, -0.25) is 9.59 Å². The number of piperidine rings is 1. The third kappa shape index (κ3) is 2.54. The predicted molar refractivity (Wildman–Crippen MR) is 65.4 cm³/mol. The zero-order valence-corrected chi connectivity index (χ0v) is 10.1. The van der Waals surface area contributed by atoms with Crippen molar-refractivity contribution in [2.45, 2.75) is 32.2 Å². The van der Waals surface area contributed by atoms with Gasteiger partial charge in [0.25, 0.3) is 5.91 Å². The summed E-state index contributed by atoms with van der Waals surface area (Å²) in [5, 5.41) is 0. The minimum Gasteiger partial charge on any atom is -0.329 e. The van der Waals surface area contributed by atoms with Crippen molar-refractivity contribution in [3.8, 4) is 0 Å². The zero-order chi connectivity index (χ0) is 12.3. The van der Waals surface area contributed by atoms with E-state index in [1.807, 2.05) is 30.3 Å². The Kier molecular flexibility index (Phi) is 3.57. The smallest absolute Gasteiger partial charge is 0.290 e. The molecule has 0 saturated carbocycles. The number of carbonyl (C=O) groups is 2. The first-order valence-electron chi connectivity index (χ1n) is 6.06. The van der Waals surface area contributed by atoms with Crippen molar-refractivity contribution in [2.24, 2.45) is 0 Å². The number of ketones is 1. The average molecular weight is 231 g/mol. The molecule has 3 nitrogen and oxygen atoms in total. The normalized spacial score (nSPS) is 20.1. The van der Waals surface area contributed by atoms with Gasteiger partial charge in [0.15, 0.2) is 0 Å². The molecule has 1 heterocycles. The second kappa shape index (κ2) is 5.13. The fraction of sp³-hybridized carbons (Fsp3) is 0.429. The summed E-state index contributed by atoms with van der Waals surface area (Å²) < 4.78 is 0. The highest BCUT2D eigenvalue weighted by Crippen LogP contribution is 2.30. The molecule has 2 rings (SSSR count).